The molecule has 0 aliphatic heterocycles. The van der Waals surface area contributed by atoms with E-state index in [-0.39, 0.29) is 11.7 Å². The van der Waals surface area contributed by atoms with Gasteiger partial charge >= 0.3 is 0 Å². The summed E-state index contributed by atoms with van der Waals surface area (Å²) in [6.07, 6.45) is 2.02. The van der Waals surface area contributed by atoms with Gasteiger partial charge in [-0.05, 0) is 18.6 Å². The van der Waals surface area contributed by atoms with Crippen LogP contribution in [0.4, 0.5) is 4.39 Å². The van der Waals surface area contributed by atoms with E-state index in [0.717, 1.165) is 12.8 Å². The molecular weight excluding hydrogens is 227 g/mol. The predicted molar refractivity (Wildman–Crippen MR) is 64.4 cm³/mol. The summed E-state index contributed by atoms with van der Waals surface area (Å²) < 4.78 is 18.8. The Hall–Kier alpha value is -1.20. The van der Waals surface area contributed by atoms with Gasteiger partial charge in [0.05, 0.1) is 18.1 Å². The Morgan fingerprint density at radius 2 is 2.25 bits per heavy atom. The highest BCUT2D eigenvalue weighted by atomic mass is 35.5. The summed E-state index contributed by atoms with van der Waals surface area (Å²) in [6, 6.07) is 4.68. The van der Waals surface area contributed by atoms with Gasteiger partial charge in [-0.3, -0.25) is 0 Å². The van der Waals surface area contributed by atoms with Crippen LogP contribution in [0.2, 0.25) is 0 Å². The standard InChI is InChI=1S/C13H14ClFO/c1-2-3-9-16-12-7-6-11(5-4-8-14)13(15)10-12/h6-7,10H,2-3,8-9H2,1H3. The Morgan fingerprint density at radius 3 is 2.88 bits per heavy atom. The van der Waals surface area contributed by atoms with Crippen LogP contribution in [0.1, 0.15) is 25.3 Å². The SMILES string of the molecule is CCCCOc1ccc(C#CCCl)c(F)c1. The lowest BCUT2D eigenvalue weighted by molar-refractivity contribution is 0.308. The van der Waals surface area contributed by atoms with Crippen molar-refractivity contribution in [1.82, 2.24) is 0 Å². The maximum Gasteiger partial charge on any atom is 0.142 e. The molecule has 0 aromatic heterocycles. The third-order valence-electron chi connectivity index (χ3n) is 2.00. The fraction of sp³-hybridized carbons (Fsp3) is 0.385. The Balaban J connectivity index is 2.67. The first-order valence-electron chi connectivity index (χ1n) is 5.25. The average molecular weight is 241 g/mol. The summed E-state index contributed by atoms with van der Waals surface area (Å²) in [5.74, 6) is 5.63. The van der Waals surface area contributed by atoms with Gasteiger partial charge in [0, 0.05) is 6.07 Å². The molecule has 0 heterocycles. The first-order valence-corrected chi connectivity index (χ1v) is 5.78. The molecule has 0 saturated carbocycles. The molecule has 0 fully saturated rings. The molecule has 0 saturated heterocycles. The van der Waals surface area contributed by atoms with Crippen LogP contribution in [-0.2, 0) is 0 Å². The number of benzene rings is 1. The van der Waals surface area contributed by atoms with Crippen molar-refractivity contribution in [2.45, 2.75) is 19.8 Å². The number of hydrogen-bond donors (Lipinski definition) is 0. The second-order valence-electron chi connectivity index (χ2n) is 3.28. The lowest BCUT2D eigenvalue weighted by Gasteiger charge is -2.05. The molecule has 0 bridgehead atoms. The van der Waals surface area contributed by atoms with Gasteiger partial charge in [0.15, 0.2) is 0 Å². The summed E-state index contributed by atoms with van der Waals surface area (Å²) in [6.45, 7) is 2.69. The minimum absolute atomic E-state index is 0.203. The third kappa shape index (κ3) is 4.12. The van der Waals surface area contributed by atoms with E-state index in [4.69, 9.17) is 16.3 Å². The monoisotopic (exact) mass is 240 g/mol. The largest absolute Gasteiger partial charge is 0.493 e. The molecule has 16 heavy (non-hydrogen) atoms. The normalized spacial score (nSPS) is 9.44. The molecule has 1 aromatic rings. The van der Waals surface area contributed by atoms with Crippen LogP contribution in [0.15, 0.2) is 18.2 Å². The van der Waals surface area contributed by atoms with E-state index in [9.17, 15) is 4.39 Å². The van der Waals surface area contributed by atoms with Crippen molar-refractivity contribution in [1.29, 1.82) is 0 Å². The van der Waals surface area contributed by atoms with E-state index in [1.165, 1.54) is 6.07 Å². The lowest BCUT2D eigenvalue weighted by atomic mass is 10.2. The van der Waals surface area contributed by atoms with Crippen LogP contribution < -0.4 is 4.74 Å². The summed E-state index contributed by atoms with van der Waals surface area (Å²) in [7, 11) is 0. The maximum absolute atomic E-state index is 13.5. The minimum atomic E-state index is -0.369. The van der Waals surface area contributed by atoms with E-state index in [1.807, 2.05) is 0 Å². The highest BCUT2D eigenvalue weighted by Crippen LogP contribution is 2.16. The molecule has 86 valence electrons. The van der Waals surface area contributed by atoms with Crippen molar-refractivity contribution in [3.8, 4) is 17.6 Å². The van der Waals surface area contributed by atoms with Gasteiger partial charge in [0.2, 0.25) is 0 Å². The highest BCUT2D eigenvalue weighted by Gasteiger charge is 2.01. The molecule has 1 nitrogen and oxygen atoms in total. The molecule has 0 amide bonds. The molecule has 0 radical (unpaired) electrons. The second kappa shape index (κ2) is 7.14. The summed E-state index contributed by atoms with van der Waals surface area (Å²) in [5.41, 5.74) is 0.350. The molecule has 0 aliphatic carbocycles. The number of rotatable bonds is 4. The van der Waals surface area contributed by atoms with E-state index < -0.39 is 0 Å². The molecule has 1 aromatic carbocycles. The molecule has 0 N–H and O–H groups in total. The van der Waals surface area contributed by atoms with Crippen molar-refractivity contribution in [3.63, 3.8) is 0 Å². The van der Waals surface area contributed by atoms with E-state index >= 15 is 0 Å². The highest BCUT2D eigenvalue weighted by molar-refractivity contribution is 6.19. The number of halogens is 2. The van der Waals surface area contributed by atoms with Crippen LogP contribution in [0.5, 0.6) is 5.75 Å². The molecule has 0 aliphatic rings. The van der Waals surface area contributed by atoms with Crippen LogP contribution >= 0.6 is 11.6 Å². The number of unbranched alkanes of at least 4 members (excludes halogenated alkanes) is 1. The first-order chi connectivity index (χ1) is 7.77. The molecule has 0 spiro atoms. The Bertz CT molecular complexity index is 393. The number of hydrogen-bond acceptors (Lipinski definition) is 1. The number of ether oxygens (including phenoxy) is 1. The van der Waals surface area contributed by atoms with Crippen LogP contribution in [0.3, 0.4) is 0 Å². The van der Waals surface area contributed by atoms with E-state index in [0.29, 0.717) is 17.9 Å². The number of alkyl halides is 1. The summed E-state index contributed by atoms with van der Waals surface area (Å²) in [4.78, 5) is 0. The van der Waals surface area contributed by atoms with Gasteiger partial charge < -0.3 is 4.74 Å². The maximum atomic E-state index is 13.5. The fourth-order valence-corrected chi connectivity index (χ4v) is 1.22. The minimum Gasteiger partial charge on any atom is -0.493 e. The van der Waals surface area contributed by atoms with Crippen molar-refractivity contribution in [3.05, 3.63) is 29.6 Å². The van der Waals surface area contributed by atoms with Gasteiger partial charge in [-0.15, -0.1) is 11.6 Å². The molecule has 0 atom stereocenters. The zero-order valence-corrected chi connectivity index (χ0v) is 9.98. The molecular formula is C13H14ClFO. The van der Waals surface area contributed by atoms with Crippen molar-refractivity contribution < 1.29 is 9.13 Å². The van der Waals surface area contributed by atoms with Gasteiger partial charge in [-0.25, -0.2) is 4.39 Å². The third-order valence-corrected chi connectivity index (χ3v) is 2.13. The van der Waals surface area contributed by atoms with E-state index in [1.54, 1.807) is 12.1 Å². The zero-order chi connectivity index (χ0) is 11.8. The van der Waals surface area contributed by atoms with Crippen LogP contribution in [0, 0.1) is 17.7 Å². The van der Waals surface area contributed by atoms with E-state index in [2.05, 4.69) is 18.8 Å². The van der Waals surface area contributed by atoms with Gasteiger partial charge in [-0.2, -0.15) is 0 Å². The van der Waals surface area contributed by atoms with Gasteiger partial charge in [0.1, 0.15) is 11.6 Å². The van der Waals surface area contributed by atoms with Crippen LogP contribution in [0.25, 0.3) is 0 Å². The first kappa shape index (κ1) is 12.9. The Morgan fingerprint density at radius 1 is 1.44 bits per heavy atom. The van der Waals surface area contributed by atoms with Gasteiger partial charge in [-0.1, -0.05) is 25.2 Å². The second-order valence-corrected chi connectivity index (χ2v) is 3.55. The topological polar surface area (TPSA) is 9.23 Å². The zero-order valence-electron chi connectivity index (χ0n) is 9.22. The van der Waals surface area contributed by atoms with Crippen molar-refractivity contribution in [2.24, 2.45) is 0 Å². The quantitative estimate of drug-likeness (QED) is 0.444. The molecule has 0 unspecified atom stereocenters. The Labute approximate surface area is 101 Å². The van der Waals surface area contributed by atoms with Crippen LogP contribution in [-0.4, -0.2) is 12.5 Å². The summed E-state index contributed by atoms with van der Waals surface area (Å²) >= 11 is 5.40. The average Bonchev–Trinajstić information content (AvgIpc) is 2.28. The summed E-state index contributed by atoms with van der Waals surface area (Å²) in [5, 5.41) is 0. The smallest absolute Gasteiger partial charge is 0.142 e. The lowest BCUT2D eigenvalue weighted by Crippen LogP contribution is -1.97. The molecule has 1 rings (SSSR count). The molecule has 3 heteroatoms. The predicted octanol–water partition coefficient (Wildman–Crippen LogP) is 3.59. The Kier molecular flexibility index (Phi) is 5.74. The van der Waals surface area contributed by atoms with Gasteiger partial charge in [0.25, 0.3) is 0 Å². The van der Waals surface area contributed by atoms with Crippen molar-refractivity contribution in [2.75, 3.05) is 12.5 Å². The fourth-order valence-electron chi connectivity index (χ4n) is 1.15. The van der Waals surface area contributed by atoms with Crippen molar-refractivity contribution >= 4 is 11.6 Å².